The molecule has 11 heteroatoms. The van der Waals surface area contributed by atoms with Crippen LogP contribution in [0.3, 0.4) is 0 Å². The highest BCUT2D eigenvalue weighted by molar-refractivity contribution is 6.76. The molecule has 1 fully saturated rings. The second-order valence-corrected chi connectivity index (χ2v) is 13.9. The molecule has 0 aliphatic heterocycles. The van der Waals surface area contributed by atoms with Crippen LogP contribution in [0.25, 0.3) is 0 Å². The Labute approximate surface area is 161 Å². The van der Waals surface area contributed by atoms with Crippen molar-refractivity contribution in [1.29, 1.82) is 0 Å². The van der Waals surface area contributed by atoms with E-state index >= 15 is 0 Å². The van der Waals surface area contributed by atoms with Crippen molar-refractivity contribution >= 4 is 19.9 Å². The molecular weight excluding hydrogens is 395 g/mol. The Hall–Kier alpha value is -1.88. The maximum absolute atomic E-state index is 13.3. The van der Waals surface area contributed by atoms with Gasteiger partial charge in [-0.25, -0.2) is 4.68 Å². The third kappa shape index (κ3) is 6.33. The second kappa shape index (κ2) is 8.64. The number of carbonyl (C=O) groups is 1. The highest BCUT2D eigenvalue weighted by Gasteiger charge is 2.36. The molecule has 1 aliphatic rings. The van der Waals surface area contributed by atoms with E-state index < -0.39 is 37.3 Å². The van der Waals surface area contributed by atoms with Gasteiger partial charge < -0.3 is 15.2 Å². The van der Waals surface area contributed by atoms with Gasteiger partial charge in [-0.1, -0.05) is 19.6 Å². The first-order chi connectivity index (χ1) is 12.9. The van der Waals surface area contributed by atoms with E-state index in [4.69, 9.17) is 9.84 Å². The Balaban J connectivity index is 2.16. The molecule has 1 aliphatic carbocycles. The first-order valence-electron chi connectivity index (χ1n) is 9.13. The Morgan fingerprint density at radius 1 is 1.39 bits per heavy atom. The summed E-state index contributed by atoms with van der Waals surface area (Å²) >= 11 is 0. The minimum absolute atomic E-state index is 0.114. The Morgan fingerprint density at radius 3 is 2.61 bits per heavy atom. The summed E-state index contributed by atoms with van der Waals surface area (Å²) in [6.07, 6.45) is -3.58. The van der Waals surface area contributed by atoms with Crippen molar-refractivity contribution in [3.8, 4) is 0 Å². The van der Waals surface area contributed by atoms with Crippen LogP contribution >= 0.6 is 0 Å². The van der Waals surface area contributed by atoms with E-state index in [1.165, 1.54) is 0 Å². The minimum atomic E-state index is -4.82. The van der Waals surface area contributed by atoms with Gasteiger partial charge in [-0.05, 0) is 25.3 Å². The van der Waals surface area contributed by atoms with Gasteiger partial charge in [0.15, 0.2) is 0 Å². The first-order valence-corrected chi connectivity index (χ1v) is 12.8. The SMILES string of the molecule is C[Si](C)(C)CCOCn1nc(N[C@H]2CC[C@H](C(=O)O)C2)cc(C(F)(F)F)c1=O. The van der Waals surface area contributed by atoms with Gasteiger partial charge >= 0.3 is 12.1 Å². The standard InChI is InChI=1S/C17H26F3N3O4Si/c1-28(2,3)7-6-27-10-23-15(24)13(17(18,19)20)9-14(22-23)21-12-5-4-11(8-12)16(25)26/h9,11-12H,4-8,10H2,1-3H3,(H,21,22)(H,25,26)/t11-,12-/m0/s1. The molecule has 0 spiro atoms. The molecule has 0 amide bonds. The molecule has 0 saturated heterocycles. The fourth-order valence-corrected chi connectivity index (χ4v) is 3.74. The lowest BCUT2D eigenvalue weighted by molar-refractivity contribution is -0.141. The van der Waals surface area contributed by atoms with Crippen molar-refractivity contribution in [2.45, 2.75) is 63.9 Å². The number of aliphatic carboxylic acids is 1. The lowest BCUT2D eigenvalue weighted by Gasteiger charge is -2.18. The molecule has 158 valence electrons. The number of aromatic nitrogens is 2. The van der Waals surface area contributed by atoms with Gasteiger partial charge in [-0.15, -0.1) is 5.10 Å². The number of nitrogens with zero attached hydrogens (tertiary/aromatic N) is 2. The average Bonchev–Trinajstić information content (AvgIpc) is 3.00. The van der Waals surface area contributed by atoms with E-state index in [0.717, 1.165) is 6.04 Å². The van der Waals surface area contributed by atoms with Crippen LogP contribution in [0.4, 0.5) is 19.0 Å². The third-order valence-electron chi connectivity index (χ3n) is 4.62. The molecule has 2 N–H and O–H groups in total. The van der Waals surface area contributed by atoms with Gasteiger partial charge in [-0.3, -0.25) is 9.59 Å². The summed E-state index contributed by atoms with van der Waals surface area (Å²) in [5.74, 6) is -1.57. The zero-order valence-corrected chi connectivity index (χ0v) is 17.2. The lowest BCUT2D eigenvalue weighted by atomic mass is 10.1. The predicted molar refractivity (Wildman–Crippen MR) is 100.0 cm³/mol. The Bertz CT molecular complexity index is 761. The zero-order chi connectivity index (χ0) is 21.1. The number of ether oxygens (including phenoxy) is 1. The number of nitrogens with one attached hydrogen (secondary N) is 1. The fourth-order valence-electron chi connectivity index (χ4n) is 2.98. The van der Waals surface area contributed by atoms with Crippen LogP contribution in [-0.2, 0) is 22.4 Å². The minimum Gasteiger partial charge on any atom is -0.481 e. The lowest BCUT2D eigenvalue weighted by Crippen LogP contribution is -2.33. The van der Waals surface area contributed by atoms with Gasteiger partial charge in [0.25, 0.3) is 5.56 Å². The molecule has 0 unspecified atom stereocenters. The number of carboxylic acids is 1. The summed E-state index contributed by atoms with van der Waals surface area (Å²) in [5, 5.41) is 15.8. The van der Waals surface area contributed by atoms with Crippen molar-refractivity contribution < 1.29 is 27.8 Å². The number of rotatable bonds is 8. The molecule has 1 heterocycles. The van der Waals surface area contributed by atoms with Gasteiger partial charge in [0.05, 0.1) is 5.92 Å². The molecule has 2 rings (SSSR count). The fraction of sp³-hybridized carbons (Fsp3) is 0.706. The van der Waals surface area contributed by atoms with Gasteiger partial charge in [0.2, 0.25) is 0 Å². The van der Waals surface area contributed by atoms with Crippen LogP contribution in [0.5, 0.6) is 0 Å². The van der Waals surface area contributed by atoms with Crippen molar-refractivity contribution in [3.05, 3.63) is 22.0 Å². The van der Waals surface area contributed by atoms with Crippen molar-refractivity contribution in [2.75, 3.05) is 11.9 Å². The molecule has 0 bridgehead atoms. The maximum atomic E-state index is 13.3. The van der Waals surface area contributed by atoms with Crippen molar-refractivity contribution in [1.82, 2.24) is 9.78 Å². The molecule has 1 aromatic heterocycles. The monoisotopic (exact) mass is 421 g/mol. The van der Waals surface area contributed by atoms with Crippen LogP contribution in [0.1, 0.15) is 24.8 Å². The highest BCUT2D eigenvalue weighted by atomic mass is 28.3. The topological polar surface area (TPSA) is 93.4 Å². The van der Waals surface area contributed by atoms with E-state index in [1.807, 2.05) is 0 Å². The zero-order valence-electron chi connectivity index (χ0n) is 16.2. The number of anilines is 1. The van der Waals surface area contributed by atoms with Gasteiger partial charge in [0, 0.05) is 26.8 Å². The van der Waals surface area contributed by atoms with Crippen LogP contribution in [0, 0.1) is 5.92 Å². The van der Waals surface area contributed by atoms with Crippen LogP contribution in [-0.4, -0.2) is 41.6 Å². The molecular formula is C17H26F3N3O4Si. The van der Waals surface area contributed by atoms with Crippen LogP contribution in [0.2, 0.25) is 25.7 Å². The molecule has 0 radical (unpaired) electrons. The number of carboxylic acid groups (broad SMARTS) is 1. The number of hydrogen-bond donors (Lipinski definition) is 2. The molecule has 1 saturated carbocycles. The Kier molecular flexibility index (Phi) is 6.91. The predicted octanol–water partition coefficient (Wildman–Crippen LogP) is 3.24. The molecule has 0 aromatic carbocycles. The van der Waals surface area contributed by atoms with Gasteiger partial charge in [0.1, 0.15) is 18.1 Å². The van der Waals surface area contributed by atoms with Crippen LogP contribution < -0.4 is 10.9 Å². The van der Waals surface area contributed by atoms with E-state index in [-0.39, 0.29) is 18.6 Å². The largest absolute Gasteiger partial charge is 0.481 e. The number of halogens is 3. The third-order valence-corrected chi connectivity index (χ3v) is 6.33. The van der Waals surface area contributed by atoms with Crippen molar-refractivity contribution in [3.63, 3.8) is 0 Å². The summed E-state index contributed by atoms with van der Waals surface area (Å²) in [6, 6.07) is 1.17. The molecule has 28 heavy (non-hydrogen) atoms. The van der Waals surface area contributed by atoms with Crippen molar-refractivity contribution in [2.24, 2.45) is 5.92 Å². The van der Waals surface area contributed by atoms with Crippen LogP contribution in [0.15, 0.2) is 10.9 Å². The highest BCUT2D eigenvalue weighted by Crippen LogP contribution is 2.30. The first kappa shape index (κ1) is 22.4. The summed E-state index contributed by atoms with van der Waals surface area (Å²) in [7, 11) is -1.37. The number of hydrogen-bond acceptors (Lipinski definition) is 5. The number of alkyl halides is 3. The molecule has 1 aromatic rings. The van der Waals surface area contributed by atoms with E-state index in [9.17, 15) is 22.8 Å². The van der Waals surface area contributed by atoms with E-state index in [0.29, 0.717) is 36.6 Å². The van der Waals surface area contributed by atoms with E-state index in [2.05, 4.69) is 30.1 Å². The quantitative estimate of drug-likeness (QED) is 0.494. The molecule has 7 nitrogen and oxygen atoms in total. The maximum Gasteiger partial charge on any atom is 0.421 e. The summed E-state index contributed by atoms with van der Waals surface area (Å²) in [4.78, 5) is 23.2. The summed E-state index contributed by atoms with van der Waals surface area (Å²) in [5.41, 5.74) is -2.59. The summed E-state index contributed by atoms with van der Waals surface area (Å²) < 4.78 is 45.8. The Morgan fingerprint density at radius 2 is 2.07 bits per heavy atom. The summed E-state index contributed by atoms with van der Waals surface area (Å²) in [6.45, 7) is 6.38. The van der Waals surface area contributed by atoms with E-state index in [1.54, 1.807) is 0 Å². The smallest absolute Gasteiger partial charge is 0.421 e. The molecule has 2 atom stereocenters. The van der Waals surface area contributed by atoms with Gasteiger partial charge in [-0.2, -0.15) is 13.2 Å². The average molecular weight is 421 g/mol. The normalized spacial score (nSPS) is 20.4. The second-order valence-electron chi connectivity index (χ2n) is 8.28.